The minimum Gasteiger partial charge on any atom is -0.481 e. The number of carboxylic acids is 1. The van der Waals surface area contributed by atoms with E-state index in [4.69, 9.17) is 0 Å². The molecule has 5 heteroatoms. The van der Waals surface area contributed by atoms with Gasteiger partial charge in [0.15, 0.2) is 0 Å². The van der Waals surface area contributed by atoms with Gasteiger partial charge in [-0.25, -0.2) is 0 Å². The van der Waals surface area contributed by atoms with Crippen LogP contribution in [-0.4, -0.2) is 48.1 Å². The molecule has 1 heterocycles. The number of carbonyl (C=O) groups excluding carboxylic acids is 1. The van der Waals surface area contributed by atoms with E-state index in [0.29, 0.717) is 25.9 Å². The number of carboxylic acid groups (broad SMARTS) is 1. The molecule has 1 saturated heterocycles. The molecule has 0 bridgehead atoms. The smallest absolute Gasteiger partial charge is 0.310 e. The van der Waals surface area contributed by atoms with Gasteiger partial charge in [-0.05, 0) is 19.8 Å². The van der Waals surface area contributed by atoms with Gasteiger partial charge in [0.1, 0.15) is 0 Å². The van der Waals surface area contributed by atoms with Gasteiger partial charge in [0.25, 0.3) is 0 Å². The van der Waals surface area contributed by atoms with Crippen LogP contribution < -0.4 is 5.32 Å². The molecule has 0 radical (unpaired) electrons. The van der Waals surface area contributed by atoms with Crippen molar-refractivity contribution in [2.75, 3.05) is 20.1 Å². The van der Waals surface area contributed by atoms with Gasteiger partial charge in [0.2, 0.25) is 5.91 Å². The molecule has 98 valence electrons. The maximum absolute atomic E-state index is 11.5. The highest BCUT2D eigenvalue weighted by atomic mass is 16.4. The van der Waals surface area contributed by atoms with Crippen LogP contribution in [0.4, 0.5) is 0 Å². The molecular weight excluding hydrogens is 220 g/mol. The number of likely N-dealkylation sites (tertiary alicyclic amines) is 1. The lowest BCUT2D eigenvalue weighted by Gasteiger charge is -2.27. The fraction of sp³-hybridized carbons (Fsp3) is 0.833. The van der Waals surface area contributed by atoms with Gasteiger partial charge in [-0.3, -0.25) is 14.5 Å². The number of nitrogens with zero attached hydrogens (tertiary/aromatic N) is 1. The lowest BCUT2D eigenvalue weighted by molar-refractivity contribution is -0.149. The van der Waals surface area contributed by atoms with E-state index >= 15 is 0 Å². The second-order valence-corrected chi connectivity index (χ2v) is 4.85. The van der Waals surface area contributed by atoms with Crippen LogP contribution >= 0.6 is 0 Å². The summed E-state index contributed by atoms with van der Waals surface area (Å²) >= 11 is 0. The summed E-state index contributed by atoms with van der Waals surface area (Å²) in [5.41, 5.74) is -0.656. The molecule has 0 aromatic rings. The SMILES string of the molecule is CCCC1(C(=O)O)CCN(C(C)C(=O)NC)C1. The molecule has 1 aliphatic rings. The molecule has 1 fully saturated rings. The first-order valence-corrected chi connectivity index (χ1v) is 6.16. The van der Waals surface area contributed by atoms with E-state index in [1.807, 2.05) is 18.7 Å². The van der Waals surface area contributed by atoms with Crippen LogP contribution in [0, 0.1) is 5.41 Å². The Morgan fingerprint density at radius 3 is 2.65 bits per heavy atom. The Hall–Kier alpha value is -1.10. The monoisotopic (exact) mass is 242 g/mol. The Morgan fingerprint density at radius 1 is 1.53 bits per heavy atom. The molecule has 1 amide bonds. The molecule has 0 aliphatic carbocycles. The first-order chi connectivity index (χ1) is 7.96. The van der Waals surface area contributed by atoms with E-state index in [0.717, 1.165) is 6.42 Å². The molecule has 1 aliphatic heterocycles. The minimum atomic E-state index is -0.731. The number of amides is 1. The third-order valence-corrected chi connectivity index (χ3v) is 3.74. The van der Waals surface area contributed by atoms with Crippen molar-refractivity contribution in [1.29, 1.82) is 0 Å². The third kappa shape index (κ3) is 2.77. The maximum atomic E-state index is 11.5. The molecule has 1 rings (SSSR count). The lowest BCUT2D eigenvalue weighted by Crippen LogP contribution is -2.44. The Balaban J connectivity index is 2.72. The van der Waals surface area contributed by atoms with Gasteiger partial charge in [-0.2, -0.15) is 0 Å². The van der Waals surface area contributed by atoms with E-state index in [1.54, 1.807) is 7.05 Å². The molecule has 0 aromatic carbocycles. The van der Waals surface area contributed by atoms with E-state index < -0.39 is 11.4 Å². The Morgan fingerprint density at radius 2 is 2.18 bits per heavy atom. The van der Waals surface area contributed by atoms with Gasteiger partial charge in [-0.1, -0.05) is 13.3 Å². The summed E-state index contributed by atoms with van der Waals surface area (Å²) < 4.78 is 0. The standard InChI is InChI=1S/C12H22N2O3/c1-4-5-12(11(16)17)6-7-14(8-12)9(2)10(15)13-3/h9H,4-8H2,1-3H3,(H,13,15)(H,16,17). The molecule has 0 spiro atoms. The van der Waals surface area contributed by atoms with Crippen molar-refractivity contribution in [3.63, 3.8) is 0 Å². The number of nitrogens with one attached hydrogen (secondary N) is 1. The van der Waals surface area contributed by atoms with Crippen LogP contribution in [0.1, 0.15) is 33.1 Å². The molecule has 17 heavy (non-hydrogen) atoms. The molecule has 2 N–H and O–H groups in total. The van der Waals surface area contributed by atoms with E-state index in [9.17, 15) is 14.7 Å². The zero-order valence-corrected chi connectivity index (χ0v) is 10.8. The molecule has 5 nitrogen and oxygen atoms in total. The molecular formula is C12H22N2O3. The van der Waals surface area contributed by atoms with Crippen molar-refractivity contribution in [3.05, 3.63) is 0 Å². The highest BCUT2D eigenvalue weighted by Gasteiger charge is 2.45. The predicted molar refractivity (Wildman–Crippen MR) is 64.7 cm³/mol. The number of aliphatic carboxylic acids is 1. The molecule has 0 aromatic heterocycles. The summed E-state index contributed by atoms with van der Waals surface area (Å²) in [4.78, 5) is 24.9. The van der Waals surface area contributed by atoms with Crippen LogP contribution in [0.15, 0.2) is 0 Å². The average molecular weight is 242 g/mol. The van der Waals surface area contributed by atoms with Crippen LogP contribution in [0.25, 0.3) is 0 Å². The summed E-state index contributed by atoms with van der Waals surface area (Å²) in [5, 5.41) is 12.0. The summed E-state index contributed by atoms with van der Waals surface area (Å²) in [6.45, 7) is 4.98. The number of hydrogen-bond acceptors (Lipinski definition) is 3. The second-order valence-electron chi connectivity index (χ2n) is 4.85. The zero-order valence-electron chi connectivity index (χ0n) is 10.8. The van der Waals surface area contributed by atoms with Gasteiger partial charge >= 0.3 is 5.97 Å². The van der Waals surface area contributed by atoms with E-state index in [-0.39, 0.29) is 11.9 Å². The van der Waals surface area contributed by atoms with Crippen molar-refractivity contribution < 1.29 is 14.7 Å². The number of likely N-dealkylation sites (N-methyl/N-ethyl adjacent to an activating group) is 1. The summed E-state index contributed by atoms with van der Waals surface area (Å²) in [5.74, 6) is -0.784. The fourth-order valence-electron chi connectivity index (χ4n) is 2.57. The highest BCUT2D eigenvalue weighted by molar-refractivity contribution is 5.81. The molecule has 0 saturated carbocycles. The maximum Gasteiger partial charge on any atom is 0.310 e. The number of hydrogen-bond donors (Lipinski definition) is 2. The van der Waals surface area contributed by atoms with Crippen LogP contribution in [0.3, 0.4) is 0 Å². The van der Waals surface area contributed by atoms with Gasteiger partial charge in [-0.15, -0.1) is 0 Å². The largest absolute Gasteiger partial charge is 0.481 e. The van der Waals surface area contributed by atoms with Crippen molar-refractivity contribution in [2.45, 2.75) is 39.2 Å². The van der Waals surface area contributed by atoms with Gasteiger partial charge < -0.3 is 10.4 Å². The summed E-state index contributed by atoms with van der Waals surface area (Å²) in [6.07, 6.45) is 2.17. The average Bonchev–Trinajstić information content (AvgIpc) is 2.73. The lowest BCUT2D eigenvalue weighted by atomic mass is 9.83. The number of carbonyl (C=O) groups is 2. The van der Waals surface area contributed by atoms with Crippen LogP contribution in [-0.2, 0) is 9.59 Å². The van der Waals surface area contributed by atoms with Crippen LogP contribution in [0.5, 0.6) is 0 Å². The molecule has 2 unspecified atom stereocenters. The van der Waals surface area contributed by atoms with Gasteiger partial charge in [0.05, 0.1) is 11.5 Å². The Labute approximate surface area is 102 Å². The van der Waals surface area contributed by atoms with Crippen molar-refractivity contribution in [1.82, 2.24) is 10.2 Å². The highest BCUT2D eigenvalue weighted by Crippen LogP contribution is 2.36. The topological polar surface area (TPSA) is 69.6 Å². The van der Waals surface area contributed by atoms with Gasteiger partial charge in [0, 0.05) is 20.1 Å². The first-order valence-electron chi connectivity index (χ1n) is 6.16. The van der Waals surface area contributed by atoms with E-state index in [2.05, 4.69) is 5.32 Å². The first kappa shape index (κ1) is 14.0. The van der Waals surface area contributed by atoms with Crippen molar-refractivity contribution in [3.8, 4) is 0 Å². The summed E-state index contributed by atoms with van der Waals surface area (Å²) in [6, 6.07) is -0.252. The summed E-state index contributed by atoms with van der Waals surface area (Å²) in [7, 11) is 1.60. The number of rotatable bonds is 5. The molecule has 2 atom stereocenters. The van der Waals surface area contributed by atoms with Crippen LogP contribution in [0.2, 0.25) is 0 Å². The zero-order chi connectivity index (χ0) is 13.1. The fourth-order valence-corrected chi connectivity index (χ4v) is 2.57. The van der Waals surface area contributed by atoms with Crippen molar-refractivity contribution >= 4 is 11.9 Å². The van der Waals surface area contributed by atoms with Crippen molar-refractivity contribution in [2.24, 2.45) is 5.41 Å². The Kier molecular flexibility index (Phi) is 4.51. The third-order valence-electron chi connectivity index (χ3n) is 3.74. The van der Waals surface area contributed by atoms with E-state index in [1.165, 1.54) is 0 Å². The second kappa shape index (κ2) is 5.49. The quantitative estimate of drug-likeness (QED) is 0.744. The predicted octanol–water partition coefficient (Wildman–Crippen LogP) is 0.698. The normalized spacial score (nSPS) is 26.8. The minimum absolute atomic E-state index is 0.0531. The Bertz CT molecular complexity index is 306.